The molecule has 4 rings (SSSR count). The van der Waals surface area contributed by atoms with Gasteiger partial charge in [0.15, 0.2) is 0 Å². The number of halogens is 4. The number of ether oxygens (including phenoxy) is 2. The third-order valence-electron chi connectivity index (χ3n) is 6.49. The van der Waals surface area contributed by atoms with E-state index in [1.807, 2.05) is 4.57 Å². The Balaban J connectivity index is 1.75. The Hall–Kier alpha value is -3.30. The molecule has 10 heteroatoms. The first-order valence-electron chi connectivity index (χ1n) is 11.7. The van der Waals surface area contributed by atoms with E-state index in [1.54, 1.807) is 6.07 Å². The lowest BCUT2D eigenvalue weighted by Gasteiger charge is -2.40. The molecule has 0 bridgehead atoms. The molecule has 1 aromatic heterocycles. The maximum Gasteiger partial charge on any atom is 0.573 e. The van der Waals surface area contributed by atoms with Crippen molar-refractivity contribution in [3.05, 3.63) is 47.8 Å². The minimum Gasteiger partial charge on any atom is -0.469 e. The fraction of sp³-hybridized carbons (Fsp3) is 0.462. The van der Waals surface area contributed by atoms with Gasteiger partial charge in [-0.25, -0.2) is 9.37 Å². The Morgan fingerprint density at radius 1 is 1.19 bits per heavy atom. The molecule has 2 atom stereocenters. The van der Waals surface area contributed by atoms with Crippen LogP contribution in [0.1, 0.15) is 51.6 Å². The largest absolute Gasteiger partial charge is 0.573 e. The number of alkyl halides is 3. The van der Waals surface area contributed by atoms with E-state index in [-0.39, 0.29) is 29.2 Å². The number of rotatable bonds is 6. The van der Waals surface area contributed by atoms with Gasteiger partial charge in [0.05, 0.1) is 24.6 Å². The first kappa shape index (κ1) is 25.8. The van der Waals surface area contributed by atoms with Crippen LogP contribution in [-0.4, -0.2) is 29.0 Å². The zero-order valence-electron chi connectivity index (χ0n) is 20.6. The van der Waals surface area contributed by atoms with E-state index in [2.05, 4.69) is 35.6 Å². The summed E-state index contributed by atoms with van der Waals surface area (Å²) in [6.07, 6.45) is -2.21. The summed E-state index contributed by atoms with van der Waals surface area (Å²) in [5, 5.41) is 3.18. The van der Waals surface area contributed by atoms with Crippen LogP contribution in [0.3, 0.4) is 0 Å². The number of carbonyl (C=O) groups excluding carboxylic acids is 1. The third kappa shape index (κ3) is 5.91. The van der Waals surface area contributed by atoms with Gasteiger partial charge in [-0.15, -0.1) is 13.2 Å². The van der Waals surface area contributed by atoms with E-state index < -0.39 is 18.1 Å². The molecule has 0 saturated heterocycles. The molecule has 0 aliphatic heterocycles. The van der Waals surface area contributed by atoms with Gasteiger partial charge in [0.2, 0.25) is 5.95 Å². The lowest BCUT2D eigenvalue weighted by molar-refractivity contribution is -0.274. The van der Waals surface area contributed by atoms with Crippen molar-refractivity contribution < 1.29 is 31.8 Å². The summed E-state index contributed by atoms with van der Waals surface area (Å²) >= 11 is 0. The minimum absolute atomic E-state index is 0.0231. The molecule has 0 spiro atoms. The first-order chi connectivity index (χ1) is 16.8. The van der Waals surface area contributed by atoms with Gasteiger partial charge >= 0.3 is 12.3 Å². The molecule has 2 aromatic carbocycles. The second kappa shape index (κ2) is 9.63. The SMILES string of the molecule is COC(=O)Cc1cc2nc(Nc3ccc(OC(F)(F)F)cc3)n(C3CC(C)CC(C)(C)C3)c2cc1F. The first-order valence-corrected chi connectivity index (χ1v) is 11.7. The lowest BCUT2D eigenvalue weighted by atomic mass is 9.70. The number of nitrogens with one attached hydrogen (secondary N) is 1. The van der Waals surface area contributed by atoms with E-state index in [1.165, 1.54) is 37.4 Å². The van der Waals surface area contributed by atoms with Crippen LogP contribution in [0, 0.1) is 17.2 Å². The average molecular weight is 508 g/mol. The van der Waals surface area contributed by atoms with E-state index in [0.29, 0.717) is 28.6 Å². The van der Waals surface area contributed by atoms with Gasteiger partial charge in [0.25, 0.3) is 0 Å². The molecule has 2 unspecified atom stereocenters. The number of anilines is 2. The standard InChI is InChI=1S/C26H29F4N3O3/c1-15-9-18(14-25(2,3)13-15)33-22-12-20(27)16(11-23(34)35-4)10-21(22)32-24(33)31-17-5-7-19(8-6-17)36-26(28,29)30/h5-8,10,12,15,18H,9,11,13-14H2,1-4H3,(H,31,32). The van der Waals surface area contributed by atoms with E-state index in [0.717, 1.165) is 19.3 Å². The van der Waals surface area contributed by atoms with Crippen LogP contribution in [0.25, 0.3) is 11.0 Å². The van der Waals surface area contributed by atoms with Crippen LogP contribution < -0.4 is 10.1 Å². The highest BCUT2D eigenvalue weighted by Gasteiger charge is 2.35. The van der Waals surface area contributed by atoms with Crippen molar-refractivity contribution in [2.24, 2.45) is 11.3 Å². The van der Waals surface area contributed by atoms with Gasteiger partial charge in [-0.3, -0.25) is 4.79 Å². The number of nitrogens with zero attached hydrogens (tertiary/aromatic N) is 2. The smallest absolute Gasteiger partial charge is 0.469 e. The summed E-state index contributed by atoms with van der Waals surface area (Å²) in [5.74, 6) is -0.545. The molecule has 1 N–H and O–H groups in total. The van der Waals surface area contributed by atoms with Gasteiger partial charge in [-0.2, -0.15) is 0 Å². The highest BCUT2D eigenvalue weighted by atomic mass is 19.4. The van der Waals surface area contributed by atoms with Crippen LogP contribution in [0.2, 0.25) is 0 Å². The summed E-state index contributed by atoms with van der Waals surface area (Å²) in [5.41, 5.74) is 1.83. The average Bonchev–Trinajstić information content (AvgIpc) is 3.09. The van der Waals surface area contributed by atoms with Crippen molar-refractivity contribution in [3.63, 3.8) is 0 Å². The predicted octanol–water partition coefficient (Wildman–Crippen LogP) is 6.92. The van der Waals surface area contributed by atoms with Gasteiger partial charge in [0, 0.05) is 23.4 Å². The number of esters is 1. The second-order valence-electron chi connectivity index (χ2n) is 10.3. The molecular formula is C26H29F4N3O3. The normalized spacial score (nSPS) is 19.8. The number of benzene rings is 2. The molecule has 1 heterocycles. The molecule has 3 aromatic rings. The molecule has 1 aliphatic rings. The Morgan fingerprint density at radius 3 is 2.50 bits per heavy atom. The summed E-state index contributed by atoms with van der Waals surface area (Å²) < 4.78 is 63.2. The predicted molar refractivity (Wildman–Crippen MR) is 128 cm³/mol. The number of carbonyl (C=O) groups is 1. The summed E-state index contributed by atoms with van der Waals surface area (Å²) in [6, 6.07) is 8.29. The van der Waals surface area contributed by atoms with Gasteiger partial charge < -0.3 is 19.4 Å². The Labute approximate surface area is 206 Å². The second-order valence-corrected chi connectivity index (χ2v) is 10.3. The number of hydrogen-bond acceptors (Lipinski definition) is 5. The van der Waals surface area contributed by atoms with Crippen LogP contribution in [0.5, 0.6) is 5.75 Å². The van der Waals surface area contributed by atoms with Crippen LogP contribution in [-0.2, 0) is 16.0 Å². The highest BCUT2D eigenvalue weighted by Crippen LogP contribution is 2.46. The summed E-state index contributed by atoms with van der Waals surface area (Å²) in [6.45, 7) is 6.60. The fourth-order valence-corrected chi connectivity index (χ4v) is 5.34. The van der Waals surface area contributed by atoms with Crippen molar-refractivity contribution in [3.8, 4) is 5.75 Å². The van der Waals surface area contributed by atoms with E-state index in [9.17, 15) is 18.0 Å². The van der Waals surface area contributed by atoms with Crippen molar-refractivity contribution >= 4 is 28.6 Å². The van der Waals surface area contributed by atoms with Crippen molar-refractivity contribution in [1.82, 2.24) is 9.55 Å². The Kier molecular flexibility index (Phi) is 6.90. The quantitative estimate of drug-likeness (QED) is 0.290. The molecule has 6 nitrogen and oxygen atoms in total. The molecule has 1 aliphatic carbocycles. The maximum absolute atomic E-state index is 15.0. The fourth-order valence-electron chi connectivity index (χ4n) is 5.34. The topological polar surface area (TPSA) is 65.4 Å². The van der Waals surface area contributed by atoms with Crippen LogP contribution >= 0.6 is 0 Å². The molecule has 36 heavy (non-hydrogen) atoms. The highest BCUT2D eigenvalue weighted by molar-refractivity contribution is 5.82. The number of imidazole rings is 1. The molecule has 0 amide bonds. The van der Waals surface area contributed by atoms with Crippen LogP contribution in [0.4, 0.5) is 29.2 Å². The van der Waals surface area contributed by atoms with Gasteiger partial charge in [-0.05, 0) is 60.9 Å². The van der Waals surface area contributed by atoms with Gasteiger partial charge in [-0.1, -0.05) is 20.8 Å². The third-order valence-corrected chi connectivity index (χ3v) is 6.49. The van der Waals surface area contributed by atoms with Gasteiger partial charge in [0.1, 0.15) is 11.6 Å². The number of fused-ring (bicyclic) bond motifs is 1. The van der Waals surface area contributed by atoms with Crippen molar-refractivity contribution in [2.75, 3.05) is 12.4 Å². The van der Waals surface area contributed by atoms with Crippen molar-refractivity contribution in [1.29, 1.82) is 0 Å². The minimum atomic E-state index is -4.78. The molecule has 1 saturated carbocycles. The van der Waals surface area contributed by atoms with E-state index >= 15 is 4.39 Å². The van der Waals surface area contributed by atoms with E-state index in [4.69, 9.17) is 4.98 Å². The molecule has 1 fully saturated rings. The number of methoxy groups -OCH3 is 1. The lowest BCUT2D eigenvalue weighted by Crippen LogP contribution is -2.29. The number of aromatic nitrogens is 2. The van der Waals surface area contributed by atoms with Crippen molar-refractivity contribution in [2.45, 2.75) is 58.9 Å². The number of hydrogen-bond donors (Lipinski definition) is 1. The van der Waals surface area contributed by atoms with Crippen LogP contribution in [0.15, 0.2) is 36.4 Å². The zero-order valence-corrected chi connectivity index (χ0v) is 20.6. The Morgan fingerprint density at radius 2 is 1.89 bits per heavy atom. The maximum atomic E-state index is 15.0. The molecule has 0 radical (unpaired) electrons. The monoisotopic (exact) mass is 507 g/mol. The Bertz CT molecular complexity index is 1250. The summed E-state index contributed by atoms with van der Waals surface area (Å²) in [7, 11) is 1.24. The molecule has 194 valence electrons. The summed E-state index contributed by atoms with van der Waals surface area (Å²) in [4.78, 5) is 16.4. The molecular weight excluding hydrogens is 478 g/mol. The zero-order chi connectivity index (χ0) is 26.3.